The van der Waals surface area contributed by atoms with Crippen LogP contribution in [0.15, 0.2) is 46.9 Å². The molecule has 0 aromatic heterocycles. The van der Waals surface area contributed by atoms with Crippen LogP contribution in [0.2, 0.25) is 0 Å². The van der Waals surface area contributed by atoms with Crippen molar-refractivity contribution in [1.29, 1.82) is 0 Å². The normalized spacial score (nSPS) is 10.0. The van der Waals surface area contributed by atoms with E-state index in [0.29, 0.717) is 23.7 Å². The van der Waals surface area contributed by atoms with Gasteiger partial charge in [0.15, 0.2) is 11.5 Å². The molecule has 0 heterocycles. The molecule has 5 nitrogen and oxygen atoms in total. The Morgan fingerprint density at radius 1 is 1.09 bits per heavy atom. The van der Waals surface area contributed by atoms with E-state index >= 15 is 0 Å². The molecule has 0 spiro atoms. The lowest BCUT2D eigenvalue weighted by molar-refractivity contribution is 0.252. The second-order valence-electron chi connectivity index (χ2n) is 4.83. The molecule has 6 heteroatoms. The van der Waals surface area contributed by atoms with E-state index in [1.807, 2.05) is 24.3 Å². The first-order valence-electron chi connectivity index (χ1n) is 7.13. The first-order chi connectivity index (χ1) is 11.1. The summed E-state index contributed by atoms with van der Waals surface area (Å²) in [7, 11) is 3.12. The SMILES string of the molecule is COc1ccc(NC(=O)NCCc2cccc(Br)c2)cc1OC. The van der Waals surface area contributed by atoms with Crippen LogP contribution in [0.4, 0.5) is 10.5 Å². The number of ether oxygens (including phenoxy) is 2. The minimum Gasteiger partial charge on any atom is -0.493 e. The van der Waals surface area contributed by atoms with Gasteiger partial charge in [0.2, 0.25) is 0 Å². The van der Waals surface area contributed by atoms with E-state index in [4.69, 9.17) is 9.47 Å². The van der Waals surface area contributed by atoms with Crippen molar-refractivity contribution in [3.05, 3.63) is 52.5 Å². The molecule has 2 rings (SSSR count). The van der Waals surface area contributed by atoms with Gasteiger partial charge in [-0.25, -0.2) is 4.79 Å². The van der Waals surface area contributed by atoms with Crippen molar-refractivity contribution in [3.63, 3.8) is 0 Å². The molecule has 2 aromatic carbocycles. The highest BCUT2D eigenvalue weighted by Gasteiger charge is 2.07. The second-order valence-corrected chi connectivity index (χ2v) is 5.75. The average Bonchev–Trinajstić information content (AvgIpc) is 2.54. The number of amides is 2. The van der Waals surface area contributed by atoms with E-state index in [1.54, 1.807) is 32.4 Å². The molecule has 23 heavy (non-hydrogen) atoms. The lowest BCUT2D eigenvalue weighted by atomic mass is 10.1. The molecular formula is C17H19BrN2O3. The Balaban J connectivity index is 1.85. The van der Waals surface area contributed by atoms with Gasteiger partial charge in [0.1, 0.15) is 0 Å². The molecule has 2 amide bonds. The topological polar surface area (TPSA) is 59.6 Å². The van der Waals surface area contributed by atoms with Gasteiger partial charge in [0.25, 0.3) is 0 Å². The van der Waals surface area contributed by atoms with Crippen LogP contribution in [0.5, 0.6) is 11.5 Å². The molecule has 0 bridgehead atoms. The fraction of sp³-hybridized carbons (Fsp3) is 0.235. The molecule has 0 aliphatic heterocycles. The number of carbonyl (C=O) groups is 1. The van der Waals surface area contributed by atoms with Crippen LogP contribution >= 0.6 is 15.9 Å². The van der Waals surface area contributed by atoms with Gasteiger partial charge >= 0.3 is 6.03 Å². The highest BCUT2D eigenvalue weighted by atomic mass is 79.9. The predicted octanol–water partition coefficient (Wildman–Crippen LogP) is 3.83. The Morgan fingerprint density at radius 2 is 1.87 bits per heavy atom. The molecule has 2 aromatic rings. The van der Waals surface area contributed by atoms with Crippen molar-refractivity contribution in [2.75, 3.05) is 26.1 Å². The fourth-order valence-electron chi connectivity index (χ4n) is 2.10. The summed E-state index contributed by atoms with van der Waals surface area (Å²) in [5.74, 6) is 1.19. The van der Waals surface area contributed by atoms with Crippen molar-refractivity contribution in [2.24, 2.45) is 0 Å². The van der Waals surface area contributed by atoms with Gasteiger partial charge in [0.05, 0.1) is 14.2 Å². The summed E-state index contributed by atoms with van der Waals surface area (Å²) in [6.45, 7) is 0.551. The molecule has 0 saturated heterocycles. The average molecular weight is 379 g/mol. The number of urea groups is 1. The molecule has 122 valence electrons. The van der Waals surface area contributed by atoms with Crippen molar-refractivity contribution in [1.82, 2.24) is 5.32 Å². The Kier molecular flexibility index (Phi) is 6.29. The third kappa shape index (κ3) is 5.17. The van der Waals surface area contributed by atoms with Crippen LogP contribution in [-0.2, 0) is 6.42 Å². The zero-order valence-electron chi connectivity index (χ0n) is 13.1. The molecule has 0 saturated carbocycles. The van der Waals surface area contributed by atoms with E-state index in [2.05, 4.69) is 26.6 Å². The minimum absolute atomic E-state index is 0.257. The largest absolute Gasteiger partial charge is 0.493 e. The summed E-state index contributed by atoms with van der Waals surface area (Å²) in [5.41, 5.74) is 1.80. The van der Waals surface area contributed by atoms with Crippen molar-refractivity contribution in [3.8, 4) is 11.5 Å². The minimum atomic E-state index is -0.257. The monoisotopic (exact) mass is 378 g/mol. The number of hydrogen-bond donors (Lipinski definition) is 2. The van der Waals surface area contributed by atoms with E-state index in [1.165, 1.54) is 0 Å². The van der Waals surface area contributed by atoms with E-state index in [-0.39, 0.29) is 6.03 Å². The van der Waals surface area contributed by atoms with Crippen molar-refractivity contribution >= 4 is 27.6 Å². The van der Waals surface area contributed by atoms with Crippen LogP contribution in [0.1, 0.15) is 5.56 Å². The Morgan fingerprint density at radius 3 is 2.57 bits per heavy atom. The Labute approximate surface area is 144 Å². The maximum absolute atomic E-state index is 11.9. The van der Waals surface area contributed by atoms with Gasteiger partial charge in [0, 0.05) is 22.8 Å². The van der Waals surface area contributed by atoms with Gasteiger partial charge in [-0.3, -0.25) is 0 Å². The van der Waals surface area contributed by atoms with Crippen molar-refractivity contribution in [2.45, 2.75) is 6.42 Å². The molecular weight excluding hydrogens is 360 g/mol. The maximum Gasteiger partial charge on any atom is 0.319 e. The first-order valence-corrected chi connectivity index (χ1v) is 7.93. The molecule has 0 unspecified atom stereocenters. The lowest BCUT2D eigenvalue weighted by Gasteiger charge is -2.11. The van der Waals surface area contributed by atoms with Gasteiger partial charge in [-0.1, -0.05) is 28.1 Å². The van der Waals surface area contributed by atoms with E-state index in [9.17, 15) is 4.79 Å². The number of anilines is 1. The predicted molar refractivity (Wildman–Crippen MR) is 94.4 cm³/mol. The maximum atomic E-state index is 11.9. The molecule has 0 fully saturated rings. The number of methoxy groups -OCH3 is 2. The van der Waals surface area contributed by atoms with Gasteiger partial charge in [-0.05, 0) is 36.2 Å². The fourth-order valence-corrected chi connectivity index (χ4v) is 2.55. The number of nitrogens with one attached hydrogen (secondary N) is 2. The second kappa shape index (κ2) is 8.43. The van der Waals surface area contributed by atoms with Crippen LogP contribution in [0.25, 0.3) is 0 Å². The summed E-state index contributed by atoms with van der Waals surface area (Å²) in [6.07, 6.45) is 0.763. The molecule has 0 radical (unpaired) electrons. The first kappa shape index (κ1) is 17.1. The zero-order chi connectivity index (χ0) is 16.7. The lowest BCUT2D eigenvalue weighted by Crippen LogP contribution is -2.30. The Hall–Kier alpha value is -2.21. The van der Waals surface area contributed by atoms with E-state index in [0.717, 1.165) is 16.5 Å². The van der Waals surface area contributed by atoms with Crippen molar-refractivity contribution < 1.29 is 14.3 Å². The number of hydrogen-bond acceptors (Lipinski definition) is 3. The van der Waals surface area contributed by atoms with Crippen LogP contribution in [-0.4, -0.2) is 26.8 Å². The zero-order valence-corrected chi connectivity index (χ0v) is 14.6. The summed E-state index contributed by atoms with van der Waals surface area (Å²) in [5, 5.41) is 5.60. The smallest absolute Gasteiger partial charge is 0.319 e. The number of benzene rings is 2. The number of halogens is 1. The van der Waals surface area contributed by atoms with Crippen LogP contribution < -0.4 is 20.1 Å². The number of rotatable bonds is 6. The van der Waals surface area contributed by atoms with Crippen LogP contribution in [0.3, 0.4) is 0 Å². The standard InChI is InChI=1S/C17H19BrN2O3/c1-22-15-7-6-14(11-16(15)23-2)20-17(21)19-9-8-12-4-3-5-13(18)10-12/h3-7,10-11H,8-9H2,1-2H3,(H2,19,20,21). The molecule has 0 atom stereocenters. The highest BCUT2D eigenvalue weighted by molar-refractivity contribution is 9.10. The number of carbonyl (C=O) groups excluding carboxylic acids is 1. The molecule has 0 aliphatic rings. The quantitative estimate of drug-likeness (QED) is 0.802. The summed E-state index contributed by atoms with van der Waals surface area (Å²) in [4.78, 5) is 11.9. The highest BCUT2D eigenvalue weighted by Crippen LogP contribution is 2.29. The summed E-state index contributed by atoms with van der Waals surface area (Å²) < 4.78 is 11.4. The summed E-state index contributed by atoms with van der Waals surface area (Å²) >= 11 is 3.43. The van der Waals surface area contributed by atoms with Gasteiger partial charge < -0.3 is 20.1 Å². The molecule has 0 aliphatic carbocycles. The summed E-state index contributed by atoms with van der Waals surface area (Å²) in [6, 6.07) is 13.0. The Bertz CT molecular complexity index is 677. The van der Waals surface area contributed by atoms with Gasteiger partial charge in [-0.15, -0.1) is 0 Å². The van der Waals surface area contributed by atoms with E-state index < -0.39 is 0 Å². The van der Waals surface area contributed by atoms with Crippen LogP contribution in [0, 0.1) is 0 Å². The third-order valence-corrected chi connectivity index (χ3v) is 3.72. The molecule has 2 N–H and O–H groups in total. The van der Waals surface area contributed by atoms with Gasteiger partial charge in [-0.2, -0.15) is 0 Å². The third-order valence-electron chi connectivity index (χ3n) is 3.23.